The maximum absolute atomic E-state index is 14.1. The van der Waals surface area contributed by atoms with Gasteiger partial charge in [-0.2, -0.15) is 0 Å². The highest BCUT2D eigenvalue weighted by atomic mass is 32.1. The Morgan fingerprint density at radius 1 is 1.19 bits per heavy atom. The molecule has 3 aromatic rings. The first-order valence-electron chi connectivity index (χ1n) is 11.2. The standard InChI is InChI=1S/C26H26FN3OS/c1-17-20(15-25(31)28-10-13-30-11-4-5-12-30)22-14-18(27)8-9-19(22)21(17)16-26-29-23-6-2-3-7-24(23)32-26/h2-3,6-9,14,16H,4-5,10-13,15H2,1H3,(H,28,31)/b21-16-. The van der Waals surface area contributed by atoms with Crippen LogP contribution in [0.5, 0.6) is 0 Å². The number of allylic oxidation sites excluding steroid dienone is 2. The number of benzene rings is 2. The highest BCUT2D eigenvalue weighted by Gasteiger charge is 2.26. The Labute approximate surface area is 191 Å². The number of aromatic nitrogens is 1. The van der Waals surface area contributed by atoms with Crippen molar-refractivity contribution >= 4 is 44.7 Å². The van der Waals surface area contributed by atoms with Crippen LogP contribution in [0.4, 0.5) is 4.39 Å². The molecule has 1 N–H and O–H groups in total. The van der Waals surface area contributed by atoms with Crippen LogP contribution in [0, 0.1) is 5.82 Å². The van der Waals surface area contributed by atoms with Crippen LogP contribution in [-0.2, 0) is 4.79 Å². The maximum atomic E-state index is 14.1. The molecule has 1 saturated heterocycles. The van der Waals surface area contributed by atoms with Crippen molar-refractivity contribution in [3.63, 3.8) is 0 Å². The number of hydrogen-bond donors (Lipinski definition) is 1. The van der Waals surface area contributed by atoms with Crippen molar-refractivity contribution in [1.82, 2.24) is 15.2 Å². The molecule has 4 nitrogen and oxygen atoms in total. The van der Waals surface area contributed by atoms with Crippen LogP contribution in [0.25, 0.3) is 27.4 Å². The third-order valence-corrected chi connectivity index (χ3v) is 7.30. The van der Waals surface area contributed by atoms with Crippen molar-refractivity contribution in [2.75, 3.05) is 26.2 Å². The third kappa shape index (κ3) is 4.25. The number of thiazole rings is 1. The summed E-state index contributed by atoms with van der Waals surface area (Å²) in [5.41, 5.74) is 5.66. The SMILES string of the molecule is CC1=C(CC(=O)NCCN2CCCC2)c2cc(F)ccc2/C1=C\c1nc2ccccc2s1. The number of fused-ring (bicyclic) bond motifs is 2. The number of halogens is 1. The smallest absolute Gasteiger partial charge is 0.224 e. The molecular weight excluding hydrogens is 421 g/mol. The van der Waals surface area contributed by atoms with Gasteiger partial charge in [-0.15, -0.1) is 11.3 Å². The molecule has 32 heavy (non-hydrogen) atoms. The van der Waals surface area contributed by atoms with Gasteiger partial charge in [0.2, 0.25) is 5.91 Å². The van der Waals surface area contributed by atoms with E-state index in [-0.39, 0.29) is 18.1 Å². The average Bonchev–Trinajstić information content (AvgIpc) is 3.49. The molecule has 0 unspecified atom stereocenters. The Bertz CT molecular complexity index is 1200. The fourth-order valence-electron chi connectivity index (χ4n) is 4.64. The quantitative estimate of drug-likeness (QED) is 0.553. The van der Waals surface area contributed by atoms with E-state index in [0.29, 0.717) is 6.54 Å². The summed E-state index contributed by atoms with van der Waals surface area (Å²) in [6.45, 7) is 5.79. The Balaban J connectivity index is 1.40. The van der Waals surface area contributed by atoms with Gasteiger partial charge in [-0.25, -0.2) is 9.37 Å². The van der Waals surface area contributed by atoms with Crippen LogP contribution >= 0.6 is 11.3 Å². The van der Waals surface area contributed by atoms with Gasteiger partial charge >= 0.3 is 0 Å². The van der Waals surface area contributed by atoms with Gasteiger partial charge in [-0.1, -0.05) is 18.2 Å². The summed E-state index contributed by atoms with van der Waals surface area (Å²) in [5.74, 6) is -0.306. The average molecular weight is 448 g/mol. The summed E-state index contributed by atoms with van der Waals surface area (Å²) >= 11 is 1.63. The summed E-state index contributed by atoms with van der Waals surface area (Å²) in [6.07, 6.45) is 4.80. The molecule has 0 atom stereocenters. The van der Waals surface area contributed by atoms with E-state index < -0.39 is 0 Å². The molecule has 2 aliphatic rings. The molecule has 0 saturated carbocycles. The minimum absolute atomic E-state index is 0.0185. The van der Waals surface area contributed by atoms with E-state index in [1.807, 2.05) is 31.2 Å². The van der Waals surface area contributed by atoms with Gasteiger partial charge in [0.05, 0.1) is 16.6 Å². The van der Waals surface area contributed by atoms with Crippen molar-refractivity contribution in [2.45, 2.75) is 26.2 Å². The number of amides is 1. The predicted molar refractivity (Wildman–Crippen MR) is 130 cm³/mol. The van der Waals surface area contributed by atoms with Crippen LogP contribution in [0.1, 0.15) is 42.3 Å². The van der Waals surface area contributed by atoms with Crippen molar-refractivity contribution in [3.05, 3.63) is 70.0 Å². The number of hydrogen-bond acceptors (Lipinski definition) is 4. The van der Waals surface area contributed by atoms with E-state index in [0.717, 1.165) is 62.7 Å². The molecule has 1 aliphatic heterocycles. The molecule has 0 spiro atoms. The van der Waals surface area contributed by atoms with Gasteiger partial charge in [-0.3, -0.25) is 4.79 Å². The topological polar surface area (TPSA) is 45.2 Å². The molecule has 1 amide bonds. The molecule has 1 aliphatic carbocycles. The number of rotatable bonds is 6. The first kappa shape index (κ1) is 21.0. The monoisotopic (exact) mass is 447 g/mol. The maximum Gasteiger partial charge on any atom is 0.224 e. The van der Waals surface area contributed by atoms with Gasteiger partial charge in [0.15, 0.2) is 0 Å². The summed E-state index contributed by atoms with van der Waals surface area (Å²) in [6, 6.07) is 12.9. The van der Waals surface area contributed by atoms with Crippen LogP contribution in [0.15, 0.2) is 48.0 Å². The lowest BCUT2D eigenvalue weighted by Crippen LogP contribution is -2.33. The second-order valence-electron chi connectivity index (χ2n) is 8.45. The van der Waals surface area contributed by atoms with Gasteiger partial charge < -0.3 is 10.2 Å². The van der Waals surface area contributed by atoms with E-state index in [1.165, 1.54) is 18.9 Å². The van der Waals surface area contributed by atoms with Crippen molar-refractivity contribution in [3.8, 4) is 0 Å². The van der Waals surface area contributed by atoms with Gasteiger partial charge in [0.1, 0.15) is 10.8 Å². The minimum atomic E-state index is -0.287. The van der Waals surface area contributed by atoms with Crippen LogP contribution in [-0.4, -0.2) is 42.0 Å². The Kier molecular flexibility index (Phi) is 5.89. The molecule has 1 aromatic heterocycles. The number of likely N-dealkylation sites (tertiary alicyclic amines) is 1. The zero-order valence-corrected chi connectivity index (χ0v) is 19.0. The zero-order chi connectivity index (χ0) is 22.1. The summed E-state index contributed by atoms with van der Waals surface area (Å²) in [4.78, 5) is 19.8. The third-order valence-electron chi connectivity index (χ3n) is 6.32. The molecule has 2 aromatic carbocycles. The van der Waals surface area contributed by atoms with E-state index in [1.54, 1.807) is 17.4 Å². The summed E-state index contributed by atoms with van der Waals surface area (Å²) in [5, 5.41) is 3.96. The number of carbonyl (C=O) groups is 1. The van der Waals surface area contributed by atoms with Crippen molar-refractivity contribution < 1.29 is 9.18 Å². The highest BCUT2D eigenvalue weighted by Crippen LogP contribution is 2.44. The first-order chi connectivity index (χ1) is 15.6. The minimum Gasteiger partial charge on any atom is -0.355 e. The predicted octanol–water partition coefficient (Wildman–Crippen LogP) is 5.37. The lowest BCUT2D eigenvalue weighted by Gasteiger charge is -2.15. The van der Waals surface area contributed by atoms with Crippen LogP contribution in [0.2, 0.25) is 0 Å². The number of nitrogens with zero attached hydrogens (tertiary/aromatic N) is 2. The number of carbonyl (C=O) groups excluding carboxylic acids is 1. The molecule has 6 heteroatoms. The highest BCUT2D eigenvalue weighted by molar-refractivity contribution is 7.19. The molecular formula is C26H26FN3OS. The van der Waals surface area contributed by atoms with Gasteiger partial charge in [0.25, 0.3) is 0 Å². The molecule has 5 rings (SSSR count). The second-order valence-corrected chi connectivity index (χ2v) is 9.51. The molecule has 1 fully saturated rings. The van der Waals surface area contributed by atoms with E-state index >= 15 is 0 Å². The summed E-state index contributed by atoms with van der Waals surface area (Å²) < 4.78 is 15.2. The Morgan fingerprint density at radius 3 is 2.81 bits per heavy atom. The van der Waals surface area contributed by atoms with Crippen molar-refractivity contribution in [1.29, 1.82) is 0 Å². The second kappa shape index (κ2) is 8.96. The van der Waals surface area contributed by atoms with Crippen LogP contribution < -0.4 is 5.32 Å². The fourth-order valence-corrected chi connectivity index (χ4v) is 5.55. The largest absolute Gasteiger partial charge is 0.355 e. The van der Waals surface area contributed by atoms with Gasteiger partial charge in [-0.05, 0) is 91.0 Å². The fraction of sp³-hybridized carbons (Fsp3) is 0.308. The number of nitrogens with one attached hydrogen (secondary N) is 1. The van der Waals surface area contributed by atoms with E-state index in [2.05, 4.69) is 22.4 Å². The summed E-state index contributed by atoms with van der Waals surface area (Å²) in [7, 11) is 0. The lowest BCUT2D eigenvalue weighted by molar-refractivity contribution is -0.120. The van der Waals surface area contributed by atoms with E-state index in [9.17, 15) is 9.18 Å². The normalized spacial score (nSPS) is 17.5. The molecule has 0 bridgehead atoms. The first-order valence-corrected chi connectivity index (χ1v) is 12.0. The number of para-hydroxylation sites is 1. The molecule has 0 radical (unpaired) electrons. The van der Waals surface area contributed by atoms with Gasteiger partial charge in [0, 0.05) is 13.1 Å². The van der Waals surface area contributed by atoms with Crippen LogP contribution in [0.3, 0.4) is 0 Å². The Hall–Kier alpha value is -2.83. The van der Waals surface area contributed by atoms with E-state index in [4.69, 9.17) is 4.98 Å². The zero-order valence-electron chi connectivity index (χ0n) is 18.2. The lowest BCUT2D eigenvalue weighted by atomic mass is 10.0. The molecule has 164 valence electrons. The molecule has 2 heterocycles. The van der Waals surface area contributed by atoms with Crippen molar-refractivity contribution in [2.24, 2.45) is 0 Å². The Morgan fingerprint density at radius 2 is 2.00 bits per heavy atom.